The largest absolute Gasteiger partial charge is 0.497 e. The van der Waals surface area contributed by atoms with Crippen molar-refractivity contribution in [1.82, 2.24) is 14.7 Å². The molecule has 0 aliphatic carbocycles. The first-order valence-corrected chi connectivity index (χ1v) is 8.52. The van der Waals surface area contributed by atoms with E-state index in [4.69, 9.17) is 4.74 Å². The molecule has 1 aromatic carbocycles. The predicted octanol–water partition coefficient (Wildman–Crippen LogP) is 2.66. The molecule has 3 aromatic rings. The molecule has 2 heterocycles. The maximum Gasteiger partial charge on any atom is 0.220 e. The number of hydrogen-bond donors (Lipinski definition) is 1. The molecule has 0 saturated heterocycles. The highest BCUT2D eigenvalue weighted by atomic mass is 16.5. The third kappa shape index (κ3) is 4.27. The number of pyridine rings is 1. The van der Waals surface area contributed by atoms with Gasteiger partial charge in [-0.3, -0.25) is 9.59 Å². The second-order valence-electron chi connectivity index (χ2n) is 5.93. The highest BCUT2D eigenvalue weighted by Crippen LogP contribution is 2.14. The molecule has 6 nitrogen and oxygen atoms in total. The van der Waals surface area contributed by atoms with Gasteiger partial charge in [0.1, 0.15) is 11.6 Å². The van der Waals surface area contributed by atoms with Crippen molar-refractivity contribution < 1.29 is 14.3 Å². The highest BCUT2D eigenvalue weighted by Gasteiger charge is 2.10. The molecule has 0 aliphatic heterocycles. The quantitative estimate of drug-likeness (QED) is 0.633. The first-order valence-electron chi connectivity index (χ1n) is 8.52. The van der Waals surface area contributed by atoms with Crippen LogP contribution in [0.4, 0.5) is 0 Å². The summed E-state index contributed by atoms with van der Waals surface area (Å²) in [5, 5.41) is 2.85. The Bertz CT molecular complexity index is 917. The van der Waals surface area contributed by atoms with Crippen molar-refractivity contribution >= 4 is 17.2 Å². The van der Waals surface area contributed by atoms with Crippen LogP contribution in [0.1, 0.15) is 29.0 Å². The monoisotopic (exact) mass is 351 g/mol. The molecular formula is C20H21N3O3. The first-order chi connectivity index (χ1) is 12.7. The number of ether oxygens (including phenoxy) is 1. The lowest BCUT2D eigenvalue weighted by Gasteiger charge is -2.06. The van der Waals surface area contributed by atoms with Crippen LogP contribution in [0.5, 0.6) is 5.75 Å². The zero-order valence-electron chi connectivity index (χ0n) is 14.6. The molecule has 6 heteroatoms. The summed E-state index contributed by atoms with van der Waals surface area (Å²) >= 11 is 0. The average molecular weight is 351 g/mol. The van der Waals surface area contributed by atoms with Gasteiger partial charge in [-0.05, 0) is 24.3 Å². The lowest BCUT2D eigenvalue weighted by Crippen LogP contribution is -2.26. The standard InChI is InChI=1S/C20H21N3O3/c1-26-17-7-4-5-15(13-17)18(24)8-9-20(25)21-11-10-19-22-14-16-6-2-3-12-23(16)19/h2-7,12-14H,8-11H2,1H3,(H,21,25). The number of benzene rings is 1. The molecule has 26 heavy (non-hydrogen) atoms. The third-order valence-electron chi connectivity index (χ3n) is 4.16. The SMILES string of the molecule is COc1cccc(C(=O)CCC(=O)NCCc2ncc3ccccn23)c1. The minimum atomic E-state index is -0.137. The van der Waals surface area contributed by atoms with Gasteiger partial charge in [0.05, 0.1) is 18.8 Å². The number of aromatic nitrogens is 2. The number of rotatable bonds is 8. The number of hydrogen-bond acceptors (Lipinski definition) is 4. The van der Waals surface area contributed by atoms with Gasteiger partial charge >= 0.3 is 0 Å². The minimum absolute atomic E-state index is 0.0710. The van der Waals surface area contributed by atoms with Gasteiger partial charge in [0.25, 0.3) is 0 Å². The summed E-state index contributed by atoms with van der Waals surface area (Å²) in [6.45, 7) is 0.486. The van der Waals surface area contributed by atoms with E-state index in [9.17, 15) is 9.59 Å². The van der Waals surface area contributed by atoms with E-state index in [1.165, 1.54) is 0 Å². The van der Waals surface area contributed by atoms with E-state index >= 15 is 0 Å². The van der Waals surface area contributed by atoms with Crippen molar-refractivity contribution in [2.45, 2.75) is 19.3 Å². The Morgan fingerprint density at radius 2 is 2.04 bits per heavy atom. The van der Waals surface area contributed by atoms with Gasteiger partial charge in [0.15, 0.2) is 5.78 Å². The lowest BCUT2D eigenvalue weighted by atomic mass is 10.1. The van der Waals surface area contributed by atoms with Crippen molar-refractivity contribution in [3.05, 3.63) is 66.2 Å². The van der Waals surface area contributed by atoms with Crippen molar-refractivity contribution in [3.63, 3.8) is 0 Å². The molecule has 134 valence electrons. The summed E-state index contributed by atoms with van der Waals surface area (Å²) in [7, 11) is 1.56. The summed E-state index contributed by atoms with van der Waals surface area (Å²) in [6, 6.07) is 12.8. The zero-order valence-corrected chi connectivity index (χ0v) is 14.6. The predicted molar refractivity (Wildman–Crippen MR) is 98.5 cm³/mol. The van der Waals surface area contributed by atoms with E-state index in [2.05, 4.69) is 10.3 Å². The normalized spacial score (nSPS) is 10.7. The van der Waals surface area contributed by atoms with Crippen LogP contribution >= 0.6 is 0 Å². The summed E-state index contributed by atoms with van der Waals surface area (Å²) in [5.41, 5.74) is 1.58. The van der Waals surface area contributed by atoms with E-state index in [0.29, 0.717) is 24.3 Å². The summed E-state index contributed by atoms with van der Waals surface area (Å²) in [5.74, 6) is 1.32. The summed E-state index contributed by atoms with van der Waals surface area (Å²) in [4.78, 5) is 28.5. The Balaban J connectivity index is 1.45. The number of amides is 1. The van der Waals surface area contributed by atoms with Crippen molar-refractivity contribution in [3.8, 4) is 5.75 Å². The van der Waals surface area contributed by atoms with Crippen LogP contribution in [0.2, 0.25) is 0 Å². The molecular weight excluding hydrogens is 330 g/mol. The Morgan fingerprint density at radius 1 is 1.15 bits per heavy atom. The Kier molecular flexibility index (Phi) is 5.63. The fourth-order valence-electron chi connectivity index (χ4n) is 2.75. The van der Waals surface area contributed by atoms with Gasteiger partial charge < -0.3 is 14.5 Å². The summed E-state index contributed by atoms with van der Waals surface area (Å²) < 4.78 is 7.11. The molecule has 1 amide bonds. The Labute approximate surface area is 151 Å². The van der Waals surface area contributed by atoms with Gasteiger partial charge in [0, 0.05) is 37.6 Å². The van der Waals surface area contributed by atoms with E-state index in [-0.39, 0.29) is 24.5 Å². The fourth-order valence-corrected chi connectivity index (χ4v) is 2.75. The molecule has 0 saturated carbocycles. The van der Waals surface area contributed by atoms with Crippen LogP contribution in [-0.4, -0.2) is 34.7 Å². The minimum Gasteiger partial charge on any atom is -0.497 e. The van der Waals surface area contributed by atoms with Crippen LogP contribution in [-0.2, 0) is 11.2 Å². The first kappa shape index (κ1) is 17.7. The Hall–Kier alpha value is -3.15. The Morgan fingerprint density at radius 3 is 2.88 bits per heavy atom. The lowest BCUT2D eigenvalue weighted by molar-refractivity contribution is -0.121. The van der Waals surface area contributed by atoms with E-state index in [1.807, 2.05) is 35.0 Å². The number of ketones is 1. The molecule has 0 atom stereocenters. The molecule has 0 aliphatic rings. The molecule has 0 radical (unpaired) electrons. The number of methoxy groups -OCH3 is 1. The third-order valence-corrected chi connectivity index (χ3v) is 4.16. The van der Waals surface area contributed by atoms with Crippen LogP contribution in [0.15, 0.2) is 54.9 Å². The summed E-state index contributed by atoms with van der Waals surface area (Å²) in [6.07, 6.45) is 4.73. The number of imidazole rings is 1. The maximum absolute atomic E-state index is 12.2. The molecule has 1 N–H and O–H groups in total. The molecule has 2 aromatic heterocycles. The van der Waals surface area contributed by atoms with Gasteiger partial charge in [-0.15, -0.1) is 0 Å². The number of carbonyl (C=O) groups is 2. The van der Waals surface area contributed by atoms with Crippen LogP contribution in [0.25, 0.3) is 5.52 Å². The highest BCUT2D eigenvalue weighted by molar-refractivity contribution is 5.98. The second kappa shape index (κ2) is 8.29. The molecule has 0 fully saturated rings. The number of carbonyl (C=O) groups excluding carboxylic acids is 2. The molecule has 0 unspecified atom stereocenters. The number of Topliss-reactive ketones (excluding diaryl/α,β-unsaturated/α-hetero) is 1. The van der Waals surface area contributed by atoms with Gasteiger partial charge in [-0.2, -0.15) is 0 Å². The average Bonchev–Trinajstić information content (AvgIpc) is 3.09. The van der Waals surface area contributed by atoms with Crippen molar-refractivity contribution in [2.24, 2.45) is 0 Å². The van der Waals surface area contributed by atoms with E-state index in [1.54, 1.807) is 31.4 Å². The fraction of sp³-hybridized carbons (Fsp3) is 0.250. The topological polar surface area (TPSA) is 72.7 Å². The second-order valence-corrected chi connectivity index (χ2v) is 5.93. The molecule has 0 bridgehead atoms. The van der Waals surface area contributed by atoms with Crippen molar-refractivity contribution in [2.75, 3.05) is 13.7 Å². The molecule has 3 rings (SSSR count). The smallest absolute Gasteiger partial charge is 0.220 e. The number of nitrogens with zero attached hydrogens (tertiary/aromatic N) is 2. The van der Waals surface area contributed by atoms with E-state index < -0.39 is 0 Å². The van der Waals surface area contributed by atoms with Crippen LogP contribution in [0, 0.1) is 0 Å². The zero-order chi connectivity index (χ0) is 18.4. The van der Waals surface area contributed by atoms with E-state index in [0.717, 1.165) is 11.3 Å². The molecule has 0 spiro atoms. The van der Waals surface area contributed by atoms with Gasteiger partial charge in [0.2, 0.25) is 5.91 Å². The van der Waals surface area contributed by atoms with Gasteiger partial charge in [-0.1, -0.05) is 18.2 Å². The number of nitrogens with one attached hydrogen (secondary N) is 1. The number of fused-ring (bicyclic) bond motifs is 1. The van der Waals surface area contributed by atoms with Crippen LogP contribution < -0.4 is 10.1 Å². The maximum atomic E-state index is 12.2. The van der Waals surface area contributed by atoms with Crippen LogP contribution in [0.3, 0.4) is 0 Å². The van der Waals surface area contributed by atoms with Gasteiger partial charge in [-0.25, -0.2) is 4.98 Å². The van der Waals surface area contributed by atoms with Crippen molar-refractivity contribution in [1.29, 1.82) is 0 Å².